The summed E-state index contributed by atoms with van der Waals surface area (Å²) in [6, 6.07) is 11.5. The molecule has 0 saturated heterocycles. The normalized spacial score (nSPS) is 12.0. The topological polar surface area (TPSA) is 119 Å². The van der Waals surface area contributed by atoms with Gasteiger partial charge in [-0.1, -0.05) is 17.7 Å². The molecule has 0 fully saturated rings. The number of hydrogen-bond acceptors (Lipinski definition) is 6. The smallest absolute Gasteiger partial charge is 0.254 e. The Labute approximate surface area is 202 Å². The van der Waals surface area contributed by atoms with E-state index >= 15 is 0 Å². The van der Waals surface area contributed by atoms with Crippen molar-refractivity contribution >= 4 is 51.2 Å². The summed E-state index contributed by atoms with van der Waals surface area (Å²) in [6.45, 7) is 4.74. The van der Waals surface area contributed by atoms with Gasteiger partial charge in [0.1, 0.15) is 5.82 Å². The zero-order valence-electron chi connectivity index (χ0n) is 19.0. The Bertz CT molecular complexity index is 1460. The minimum atomic E-state index is -0.300. The number of nitrogens with two attached hydrogens (primary N) is 2. The van der Waals surface area contributed by atoms with E-state index in [4.69, 9.17) is 23.1 Å². The lowest BCUT2D eigenvalue weighted by atomic mass is 9.96. The lowest BCUT2D eigenvalue weighted by Crippen LogP contribution is -2.26. The number of carbonyl (C=O) groups excluding carboxylic acids is 1. The highest BCUT2D eigenvalue weighted by Crippen LogP contribution is 2.27. The van der Waals surface area contributed by atoms with E-state index in [0.717, 1.165) is 43.9 Å². The standard InChI is InChI=1S/C26H25ClN6O/c1-15-7-22-21(5-6-31-25(22)29)16(2)23(15)14-33-26(34)19(10-28)13-30-11-17-8-18-3-4-20(27)9-24(18)32-12-17/h3-10,12-13H,11,14,28H2,1-2H3,(H2,29,31)(H,33,34)/b19-10+,30-13?. The molecule has 4 rings (SSSR count). The highest BCUT2D eigenvalue weighted by Gasteiger charge is 2.12. The van der Waals surface area contributed by atoms with Crippen LogP contribution in [0.15, 0.2) is 65.6 Å². The van der Waals surface area contributed by atoms with E-state index in [2.05, 4.69) is 20.3 Å². The number of nitrogens with zero attached hydrogens (tertiary/aromatic N) is 3. The van der Waals surface area contributed by atoms with Gasteiger partial charge in [-0.2, -0.15) is 0 Å². The molecule has 4 aromatic rings. The van der Waals surface area contributed by atoms with Crippen LogP contribution >= 0.6 is 11.6 Å². The van der Waals surface area contributed by atoms with Crippen LogP contribution in [0.25, 0.3) is 21.7 Å². The van der Waals surface area contributed by atoms with Crippen molar-refractivity contribution in [2.45, 2.75) is 26.9 Å². The van der Waals surface area contributed by atoms with Crippen LogP contribution in [0.2, 0.25) is 5.02 Å². The van der Waals surface area contributed by atoms with Crippen molar-refractivity contribution in [2.24, 2.45) is 10.7 Å². The number of carbonyl (C=O) groups is 1. The van der Waals surface area contributed by atoms with E-state index in [1.807, 2.05) is 50.2 Å². The molecule has 0 atom stereocenters. The molecule has 0 unspecified atom stereocenters. The predicted octanol–water partition coefficient (Wildman–Crippen LogP) is 4.37. The summed E-state index contributed by atoms with van der Waals surface area (Å²) < 4.78 is 0. The first-order valence-corrected chi connectivity index (χ1v) is 11.1. The number of nitrogens with one attached hydrogen (secondary N) is 1. The van der Waals surface area contributed by atoms with Crippen LogP contribution in [0.3, 0.4) is 0 Å². The molecule has 2 aromatic carbocycles. The molecule has 0 aliphatic rings. The highest BCUT2D eigenvalue weighted by molar-refractivity contribution is 6.31. The molecule has 2 heterocycles. The number of pyridine rings is 2. The molecule has 0 radical (unpaired) electrons. The van der Waals surface area contributed by atoms with E-state index in [1.54, 1.807) is 12.4 Å². The number of fused-ring (bicyclic) bond motifs is 2. The first-order chi connectivity index (χ1) is 16.4. The monoisotopic (exact) mass is 472 g/mol. The van der Waals surface area contributed by atoms with Gasteiger partial charge < -0.3 is 16.8 Å². The number of nitrogen functional groups attached to an aromatic ring is 1. The Hall–Kier alpha value is -3.97. The molecule has 8 heteroatoms. The molecule has 2 aromatic heterocycles. The van der Waals surface area contributed by atoms with E-state index < -0.39 is 0 Å². The van der Waals surface area contributed by atoms with Crippen molar-refractivity contribution in [1.82, 2.24) is 15.3 Å². The van der Waals surface area contributed by atoms with Crippen molar-refractivity contribution in [2.75, 3.05) is 5.73 Å². The van der Waals surface area contributed by atoms with Crippen molar-refractivity contribution in [3.8, 4) is 0 Å². The Morgan fingerprint density at radius 1 is 1.15 bits per heavy atom. The second-order valence-electron chi connectivity index (χ2n) is 8.04. The number of aromatic nitrogens is 2. The zero-order valence-corrected chi connectivity index (χ0v) is 19.7. The average molecular weight is 473 g/mol. The summed E-state index contributed by atoms with van der Waals surface area (Å²) in [5.41, 5.74) is 16.9. The minimum Gasteiger partial charge on any atom is -0.404 e. The molecule has 0 aliphatic heterocycles. The third kappa shape index (κ3) is 4.84. The lowest BCUT2D eigenvalue weighted by molar-refractivity contribution is -0.117. The Balaban J connectivity index is 1.43. The quantitative estimate of drug-likeness (QED) is 0.284. The fourth-order valence-corrected chi connectivity index (χ4v) is 4.09. The Morgan fingerprint density at radius 2 is 1.97 bits per heavy atom. The number of aryl methyl sites for hydroxylation is 2. The van der Waals surface area contributed by atoms with Gasteiger partial charge in [-0.25, -0.2) is 4.98 Å². The van der Waals surface area contributed by atoms with Crippen LogP contribution < -0.4 is 16.8 Å². The van der Waals surface area contributed by atoms with Crippen molar-refractivity contribution in [3.05, 3.63) is 87.8 Å². The molecule has 5 N–H and O–H groups in total. The van der Waals surface area contributed by atoms with Gasteiger partial charge in [0.25, 0.3) is 5.91 Å². The number of anilines is 1. The Morgan fingerprint density at radius 3 is 2.76 bits per heavy atom. The molecule has 0 aliphatic carbocycles. The number of rotatable bonds is 6. The summed E-state index contributed by atoms with van der Waals surface area (Å²) in [5.74, 6) is 0.194. The third-order valence-electron chi connectivity index (χ3n) is 5.79. The van der Waals surface area contributed by atoms with E-state index in [0.29, 0.717) is 23.9 Å². The van der Waals surface area contributed by atoms with Crippen LogP contribution in [-0.2, 0) is 17.9 Å². The van der Waals surface area contributed by atoms with E-state index in [-0.39, 0.29) is 11.5 Å². The first kappa shape index (κ1) is 23.2. The molecule has 34 heavy (non-hydrogen) atoms. The lowest BCUT2D eigenvalue weighted by Gasteiger charge is -2.15. The number of benzene rings is 2. The van der Waals surface area contributed by atoms with Gasteiger partial charge in [0.2, 0.25) is 0 Å². The molecule has 7 nitrogen and oxygen atoms in total. The maximum Gasteiger partial charge on any atom is 0.254 e. The van der Waals surface area contributed by atoms with E-state index in [1.165, 1.54) is 12.4 Å². The molecular weight excluding hydrogens is 448 g/mol. The Kier molecular flexibility index (Phi) is 6.75. The van der Waals surface area contributed by atoms with Crippen LogP contribution in [0.1, 0.15) is 22.3 Å². The average Bonchev–Trinajstić information content (AvgIpc) is 2.82. The molecule has 0 saturated carbocycles. The van der Waals surface area contributed by atoms with Gasteiger partial charge in [0.15, 0.2) is 0 Å². The molecule has 1 amide bonds. The summed E-state index contributed by atoms with van der Waals surface area (Å²) in [5, 5.41) is 6.49. The van der Waals surface area contributed by atoms with Gasteiger partial charge in [-0.3, -0.25) is 14.8 Å². The van der Waals surface area contributed by atoms with Crippen LogP contribution in [0, 0.1) is 13.8 Å². The van der Waals surface area contributed by atoms with Gasteiger partial charge in [0.05, 0.1) is 17.6 Å². The molecule has 0 bridgehead atoms. The summed E-state index contributed by atoms with van der Waals surface area (Å²) >= 11 is 6.01. The summed E-state index contributed by atoms with van der Waals surface area (Å²) in [7, 11) is 0. The number of halogens is 1. The van der Waals surface area contributed by atoms with Gasteiger partial charge in [-0.15, -0.1) is 0 Å². The van der Waals surface area contributed by atoms with Gasteiger partial charge >= 0.3 is 0 Å². The van der Waals surface area contributed by atoms with Crippen LogP contribution in [0.4, 0.5) is 5.82 Å². The van der Waals surface area contributed by atoms with E-state index in [9.17, 15) is 4.79 Å². The maximum absolute atomic E-state index is 12.7. The fourth-order valence-electron chi connectivity index (χ4n) is 3.93. The number of aliphatic imine (C=N–C) groups is 1. The third-order valence-corrected chi connectivity index (χ3v) is 6.02. The second-order valence-corrected chi connectivity index (χ2v) is 8.48. The highest BCUT2D eigenvalue weighted by atomic mass is 35.5. The first-order valence-electron chi connectivity index (χ1n) is 10.7. The summed E-state index contributed by atoms with van der Waals surface area (Å²) in [6.07, 6.45) is 6.17. The molecule has 0 spiro atoms. The van der Waals surface area contributed by atoms with Crippen molar-refractivity contribution in [1.29, 1.82) is 0 Å². The zero-order chi connectivity index (χ0) is 24.2. The molecule has 172 valence electrons. The SMILES string of the molecule is Cc1cc2c(N)nccc2c(C)c1CNC(=O)/C(C=NCc1cnc2cc(Cl)ccc2c1)=C/N. The summed E-state index contributed by atoms with van der Waals surface area (Å²) in [4.78, 5) is 25.7. The number of hydrogen-bond donors (Lipinski definition) is 3. The second kappa shape index (κ2) is 9.89. The number of amides is 1. The van der Waals surface area contributed by atoms with Gasteiger partial charge in [-0.05, 0) is 71.8 Å². The van der Waals surface area contributed by atoms with Gasteiger partial charge in [0, 0.05) is 47.1 Å². The minimum absolute atomic E-state index is 0.282. The van der Waals surface area contributed by atoms with Crippen LogP contribution in [0.5, 0.6) is 0 Å². The largest absolute Gasteiger partial charge is 0.404 e. The predicted molar refractivity (Wildman–Crippen MR) is 139 cm³/mol. The van der Waals surface area contributed by atoms with Crippen molar-refractivity contribution in [3.63, 3.8) is 0 Å². The fraction of sp³-hybridized carbons (Fsp3) is 0.154. The molecular formula is C26H25ClN6O. The van der Waals surface area contributed by atoms with Crippen LogP contribution in [-0.4, -0.2) is 22.1 Å². The van der Waals surface area contributed by atoms with Crippen molar-refractivity contribution < 1.29 is 4.79 Å². The maximum atomic E-state index is 12.7.